The van der Waals surface area contributed by atoms with Gasteiger partial charge < -0.3 is 10.6 Å². The highest BCUT2D eigenvalue weighted by molar-refractivity contribution is 5.81. The van der Waals surface area contributed by atoms with E-state index in [1.54, 1.807) is 11.9 Å². The van der Waals surface area contributed by atoms with Gasteiger partial charge >= 0.3 is 0 Å². The molecule has 2 amide bonds. The van der Waals surface area contributed by atoms with Gasteiger partial charge in [-0.15, -0.1) is 0 Å². The molecule has 17 heavy (non-hydrogen) atoms. The van der Waals surface area contributed by atoms with Crippen LogP contribution >= 0.6 is 0 Å². The van der Waals surface area contributed by atoms with E-state index in [4.69, 9.17) is 0 Å². The number of amides is 2. The summed E-state index contributed by atoms with van der Waals surface area (Å²) >= 11 is 0. The van der Waals surface area contributed by atoms with E-state index < -0.39 is 0 Å². The summed E-state index contributed by atoms with van der Waals surface area (Å²) in [6, 6.07) is 0.570. The summed E-state index contributed by atoms with van der Waals surface area (Å²) in [6.45, 7) is 4.54. The normalized spacial score (nSPS) is 16.7. The quantitative estimate of drug-likeness (QED) is 0.665. The fourth-order valence-electron chi connectivity index (χ4n) is 1.47. The van der Waals surface area contributed by atoms with Gasteiger partial charge in [0.15, 0.2) is 0 Å². The summed E-state index contributed by atoms with van der Waals surface area (Å²) in [7, 11) is 1.78. The Bertz CT molecular complexity index is 277. The standard InChI is InChI=1S/C12H23N3O2/c1-4-9(2)13-11(16)7-15(3)8-12(17)14-10-5-6-10/h9-10H,4-8H2,1-3H3,(H,13,16)(H,14,17). The molecular weight excluding hydrogens is 218 g/mol. The largest absolute Gasteiger partial charge is 0.353 e. The molecule has 0 saturated heterocycles. The molecule has 5 heteroatoms. The second kappa shape index (κ2) is 6.59. The monoisotopic (exact) mass is 241 g/mol. The Kier molecular flexibility index (Phi) is 5.41. The Morgan fingerprint density at radius 2 is 1.88 bits per heavy atom. The fourth-order valence-corrected chi connectivity index (χ4v) is 1.47. The molecule has 0 aliphatic heterocycles. The minimum absolute atomic E-state index is 0.00587. The number of hydrogen-bond acceptors (Lipinski definition) is 3. The summed E-state index contributed by atoms with van der Waals surface area (Å²) in [6.07, 6.45) is 3.09. The number of hydrogen-bond donors (Lipinski definition) is 2. The lowest BCUT2D eigenvalue weighted by atomic mass is 10.2. The van der Waals surface area contributed by atoms with Crippen LogP contribution in [0.4, 0.5) is 0 Å². The Balaban J connectivity index is 2.16. The van der Waals surface area contributed by atoms with Crippen molar-refractivity contribution in [2.45, 2.75) is 45.2 Å². The van der Waals surface area contributed by atoms with Crippen molar-refractivity contribution in [1.82, 2.24) is 15.5 Å². The zero-order chi connectivity index (χ0) is 12.8. The molecule has 1 rings (SSSR count). The van der Waals surface area contributed by atoms with E-state index >= 15 is 0 Å². The molecule has 0 radical (unpaired) electrons. The van der Waals surface area contributed by atoms with E-state index in [1.807, 2.05) is 13.8 Å². The van der Waals surface area contributed by atoms with E-state index in [9.17, 15) is 9.59 Å². The predicted octanol–water partition coefficient (Wildman–Crippen LogP) is 0.112. The first kappa shape index (κ1) is 14.0. The van der Waals surface area contributed by atoms with Crippen molar-refractivity contribution >= 4 is 11.8 Å². The van der Waals surface area contributed by atoms with Crippen molar-refractivity contribution in [3.63, 3.8) is 0 Å². The second-order valence-electron chi connectivity index (χ2n) is 4.89. The van der Waals surface area contributed by atoms with Crippen molar-refractivity contribution < 1.29 is 9.59 Å². The zero-order valence-electron chi connectivity index (χ0n) is 11.0. The molecule has 98 valence electrons. The molecule has 1 saturated carbocycles. The van der Waals surface area contributed by atoms with Crippen molar-refractivity contribution in [3.05, 3.63) is 0 Å². The van der Waals surface area contributed by atoms with E-state index in [0.29, 0.717) is 6.04 Å². The fraction of sp³-hybridized carbons (Fsp3) is 0.833. The molecule has 2 N–H and O–H groups in total. The lowest BCUT2D eigenvalue weighted by Crippen LogP contribution is -2.43. The van der Waals surface area contributed by atoms with Gasteiger partial charge in [-0.2, -0.15) is 0 Å². The highest BCUT2D eigenvalue weighted by Crippen LogP contribution is 2.18. The van der Waals surface area contributed by atoms with Gasteiger partial charge in [-0.25, -0.2) is 0 Å². The van der Waals surface area contributed by atoms with Crippen LogP contribution in [-0.2, 0) is 9.59 Å². The van der Waals surface area contributed by atoms with E-state index in [0.717, 1.165) is 19.3 Å². The number of likely N-dealkylation sites (N-methyl/N-ethyl adjacent to an activating group) is 1. The third-order valence-electron chi connectivity index (χ3n) is 2.79. The van der Waals surface area contributed by atoms with Gasteiger partial charge in [0.25, 0.3) is 0 Å². The van der Waals surface area contributed by atoms with Crippen LogP contribution < -0.4 is 10.6 Å². The number of nitrogens with zero attached hydrogens (tertiary/aromatic N) is 1. The van der Waals surface area contributed by atoms with Crippen molar-refractivity contribution in [2.75, 3.05) is 20.1 Å². The highest BCUT2D eigenvalue weighted by atomic mass is 16.2. The third kappa shape index (κ3) is 6.26. The first-order valence-electron chi connectivity index (χ1n) is 6.28. The highest BCUT2D eigenvalue weighted by Gasteiger charge is 2.23. The Morgan fingerprint density at radius 1 is 1.29 bits per heavy atom. The SMILES string of the molecule is CCC(C)NC(=O)CN(C)CC(=O)NC1CC1. The number of nitrogens with one attached hydrogen (secondary N) is 2. The number of rotatable bonds is 7. The maximum Gasteiger partial charge on any atom is 0.234 e. The molecule has 0 heterocycles. The second-order valence-corrected chi connectivity index (χ2v) is 4.89. The van der Waals surface area contributed by atoms with Gasteiger partial charge in [-0.1, -0.05) is 6.92 Å². The minimum Gasteiger partial charge on any atom is -0.353 e. The van der Waals surface area contributed by atoms with Gasteiger partial charge in [0.1, 0.15) is 0 Å². The number of carbonyl (C=O) groups is 2. The van der Waals surface area contributed by atoms with Crippen LogP contribution in [0.2, 0.25) is 0 Å². The molecule has 1 atom stereocenters. The predicted molar refractivity (Wildman–Crippen MR) is 66.6 cm³/mol. The van der Waals surface area contributed by atoms with Crippen LogP contribution in [0.3, 0.4) is 0 Å². The molecule has 1 unspecified atom stereocenters. The lowest BCUT2D eigenvalue weighted by molar-refractivity contribution is -0.124. The summed E-state index contributed by atoms with van der Waals surface area (Å²) in [5.41, 5.74) is 0. The van der Waals surface area contributed by atoms with Gasteiger partial charge in [-0.3, -0.25) is 14.5 Å². The summed E-state index contributed by atoms with van der Waals surface area (Å²) < 4.78 is 0. The van der Waals surface area contributed by atoms with Crippen LogP contribution in [-0.4, -0.2) is 48.9 Å². The van der Waals surface area contributed by atoms with Gasteiger partial charge in [0.05, 0.1) is 13.1 Å². The maximum atomic E-state index is 11.6. The Morgan fingerprint density at radius 3 is 2.41 bits per heavy atom. The first-order chi connectivity index (χ1) is 8.01. The molecule has 5 nitrogen and oxygen atoms in total. The van der Waals surface area contributed by atoms with Gasteiger partial charge in [0.2, 0.25) is 11.8 Å². The molecule has 0 aromatic heterocycles. The smallest absolute Gasteiger partial charge is 0.234 e. The average Bonchev–Trinajstić information content (AvgIpc) is 3.00. The summed E-state index contributed by atoms with van der Waals surface area (Å²) in [4.78, 5) is 24.8. The van der Waals surface area contributed by atoms with E-state index in [2.05, 4.69) is 10.6 Å². The first-order valence-corrected chi connectivity index (χ1v) is 6.28. The van der Waals surface area contributed by atoms with Crippen LogP contribution in [0, 0.1) is 0 Å². The van der Waals surface area contributed by atoms with Crippen LogP contribution in [0.1, 0.15) is 33.1 Å². The molecule has 0 bridgehead atoms. The molecule has 0 aromatic carbocycles. The number of carbonyl (C=O) groups excluding carboxylic acids is 2. The average molecular weight is 241 g/mol. The Labute approximate surface area is 103 Å². The lowest BCUT2D eigenvalue weighted by Gasteiger charge is -2.17. The molecule has 1 fully saturated rings. The molecule has 1 aliphatic rings. The van der Waals surface area contributed by atoms with Crippen molar-refractivity contribution in [1.29, 1.82) is 0 Å². The Hall–Kier alpha value is -1.10. The van der Waals surface area contributed by atoms with E-state index in [-0.39, 0.29) is 30.9 Å². The van der Waals surface area contributed by atoms with E-state index in [1.165, 1.54) is 0 Å². The van der Waals surface area contributed by atoms with Crippen molar-refractivity contribution in [2.24, 2.45) is 0 Å². The van der Waals surface area contributed by atoms with Crippen molar-refractivity contribution in [3.8, 4) is 0 Å². The zero-order valence-corrected chi connectivity index (χ0v) is 11.0. The summed E-state index contributed by atoms with van der Waals surface area (Å²) in [5, 5.41) is 5.77. The third-order valence-corrected chi connectivity index (χ3v) is 2.79. The van der Waals surface area contributed by atoms with Crippen LogP contribution in [0.25, 0.3) is 0 Å². The van der Waals surface area contributed by atoms with Gasteiger partial charge in [-0.05, 0) is 33.2 Å². The minimum atomic E-state index is -0.0268. The molecular formula is C12H23N3O2. The van der Waals surface area contributed by atoms with Crippen LogP contribution in [0.5, 0.6) is 0 Å². The summed E-state index contributed by atoms with van der Waals surface area (Å²) in [5.74, 6) is -0.0209. The molecule has 1 aliphatic carbocycles. The molecule has 0 spiro atoms. The van der Waals surface area contributed by atoms with Crippen LogP contribution in [0.15, 0.2) is 0 Å². The topological polar surface area (TPSA) is 61.4 Å². The molecule has 0 aromatic rings. The van der Waals surface area contributed by atoms with Gasteiger partial charge in [0, 0.05) is 12.1 Å². The maximum absolute atomic E-state index is 11.6.